The number of benzene rings is 1. The summed E-state index contributed by atoms with van der Waals surface area (Å²) in [6.45, 7) is 5.38. The minimum Gasteiger partial charge on any atom is -0.444 e. The number of carbonyl (C=O) groups excluding carboxylic acids is 1. The summed E-state index contributed by atoms with van der Waals surface area (Å²) in [5.74, 6) is -0.982. The number of nitrogens with zero attached hydrogens (tertiary/aromatic N) is 2. The van der Waals surface area contributed by atoms with Gasteiger partial charge in [-0.15, -0.1) is 0 Å². The van der Waals surface area contributed by atoms with Crippen molar-refractivity contribution in [2.24, 2.45) is 0 Å². The number of amides is 1. The number of sulfonamides is 1. The van der Waals surface area contributed by atoms with Crippen molar-refractivity contribution < 1.29 is 32.4 Å². The summed E-state index contributed by atoms with van der Waals surface area (Å²) in [6.07, 6.45) is -0.536. The van der Waals surface area contributed by atoms with Crippen molar-refractivity contribution in [2.75, 3.05) is 26.2 Å². The van der Waals surface area contributed by atoms with Gasteiger partial charge >= 0.3 is 13.2 Å². The molecule has 1 saturated heterocycles. The van der Waals surface area contributed by atoms with Gasteiger partial charge in [-0.2, -0.15) is 4.31 Å². The molecule has 2 rings (SSSR count). The topological polar surface area (TPSA) is 107 Å². The maximum atomic E-state index is 14.0. The van der Waals surface area contributed by atoms with Gasteiger partial charge in [0.25, 0.3) is 0 Å². The minimum atomic E-state index is -4.18. The van der Waals surface area contributed by atoms with Crippen LogP contribution in [0, 0.1) is 5.82 Å². The average Bonchev–Trinajstić information content (AvgIpc) is 2.53. The van der Waals surface area contributed by atoms with Crippen LogP contribution in [0.1, 0.15) is 20.8 Å². The Bertz CT molecular complexity index is 773. The average molecular weight is 388 g/mol. The Morgan fingerprint density at radius 1 is 1.19 bits per heavy atom. The molecule has 0 bridgehead atoms. The molecule has 2 N–H and O–H groups in total. The molecule has 1 aromatic carbocycles. The van der Waals surface area contributed by atoms with Crippen LogP contribution in [0.4, 0.5) is 9.18 Å². The Hall–Kier alpha value is -1.69. The van der Waals surface area contributed by atoms with Crippen LogP contribution in [0.15, 0.2) is 23.1 Å². The van der Waals surface area contributed by atoms with Gasteiger partial charge in [0.05, 0.1) is 0 Å². The summed E-state index contributed by atoms with van der Waals surface area (Å²) in [5.41, 5.74) is -0.785. The van der Waals surface area contributed by atoms with E-state index >= 15 is 0 Å². The highest BCUT2D eigenvalue weighted by Crippen LogP contribution is 2.21. The quantitative estimate of drug-likeness (QED) is 0.692. The van der Waals surface area contributed by atoms with Crippen molar-refractivity contribution in [2.45, 2.75) is 31.3 Å². The van der Waals surface area contributed by atoms with Crippen molar-refractivity contribution in [3.05, 3.63) is 24.0 Å². The lowest BCUT2D eigenvalue weighted by Gasteiger charge is -2.35. The smallest absolute Gasteiger partial charge is 0.444 e. The molecule has 1 amide bonds. The Labute approximate surface area is 152 Å². The van der Waals surface area contributed by atoms with Crippen molar-refractivity contribution >= 4 is 28.7 Å². The van der Waals surface area contributed by atoms with Crippen LogP contribution < -0.4 is 5.46 Å². The van der Waals surface area contributed by atoms with E-state index in [4.69, 9.17) is 4.74 Å². The number of carbonyl (C=O) groups is 1. The zero-order chi connectivity index (χ0) is 19.7. The van der Waals surface area contributed by atoms with Crippen LogP contribution in [0.2, 0.25) is 0 Å². The molecule has 0 atom stereocenters. The van der Waals surface area contributed by atoms with Crippen molar-refractivity contribution in [3.8, 4) is 0 Å². The lowest BCUT2D eigenvalue weighted by atomic mass is 9.80. The molecular weight excluding hydrogens is 366 g/mol. The molecule has 8 nitrogen and oxygen atoms in total. The molecule has 1 heterocycles. The van der Waals surface area contributed by atoms with Gasteiger partial charge in [-0.3, -0.25) is 0 Å². The number of hydrogen-bond donors (Lipinski definition) is 2. The summed E-state index contributed by atoms with van der Waals surface area (Å²) in [5, 5.41) is 18.3. The van der Waals surface area contributed by atoms with Crippen LogP contribution in [0.25, 0.3) is 0 Å². The van der Waals surface area contributed by atoms with Gasteiger partial charge in [0, 0.05) is 26.2 Å². The molecule has 144 valence electrons. The highest BCUT2D eigenvalue weighted by atomic mass is 32.2. The second-order valence-corrected chi connectivity index (χ2v) is 8.84. The highest BCUT2D eigenvalue weighted by molar-refractivity contribution is 7.89. The number of ether oxygens (including phenoxy) is 1. The lowest BCUT2D eigenvalue weighted by Crippen LogP contribution is -2.51. The second-order valence-electron chi connectivity index (χ2n) is 6.94. The Morgan fingerprint density at radius 3 is 2.27 bits per heavy atom. The van der Waals surface area contributed by atoms with E-state index in [1.807, 2.05) is 0 Å². The zero-order valence-electron chi connectivity index (χ0n) is 14.8. The molecule has 1 aromatic rings. The fourth-order valence-corrected chi connectivity index (χ4v) is 3.98. The largest absolute Gasteiger partial charge is 0.488 e. The van der Waals surface area contributed by atoms with E-state index in [2.05, 4.69) is 0 Å². The molecule has 0 unspecified atom stereocenters. The van der Waals surface area contributed by atoms with Crippen molar-refractivity contribution in [3.63, 3.8) is 0 Å². The van der Waals surface area contributed by atoms with Crippen LogP contribution in [0.3, 0.4) is 0 Å². The number of piperazine rings is 1. The molecule has 0 radical (unpaired) electrons. The third kappa shape index (κ3) is 4.73. The molecule has 0 saturated carbocycles. The van der Waals surface area contributed by atoms with Gasteiger partial charge < -0.3 is 19.7 Å². The first-order valence-electron chi connectivity index (χ1n) is 8.05. The maximum absolute atomic E-state index is 14.0. The molecule has 0 aliphatic carbocycles. The Balaban J connectivity index is 2.13. The summed E-state index contributed by atoms with van der Waals surface area (Å²) >= 11 is 0. The maximum Gasteiger partial charge on any atom is 0.488 e. The SMILES string of the molecule is CC(C)(C)OC(=O)N1CCN(S(=O)(=O)c2cc(B(O)O)ccc2F)CC1. The molecule has 1 aliphatic rings. The number of hydrogen-bond acceptors (Lipinski definition) is 6. The van der Waals surface area contributed by atoms with Gasteiger partial charge in [-0.1, -0.05) is 6.07 Å². The number of rotatable bonds is 3. The van der Waals surface area contributed by atoms with Crippen molar-refractivity contribution in [1.82, 2.24) is 9.21 Å². The molecule has 0 spiro atoms. The Kier molecular flexibility index (Phi) is 5.96. The van der Waals surface area contributed by atoms with Crippen LogP contribution in [-0.2, 0) is 14.8 Å². The Morgan fingerprint density at radius 2 is 1.77 bits per heavy atom. The van der Waals surface area contributed by atoms with Gasteiger partial charge in [-0.05, 0) is 38.4 Å². The normalized spacial score (nSPS) is 16.5. The second kappa shape index (κ2) is 7.51. The van der Waals surface area contributed by atoms with Crippen LogP contribution in [-0.4, -0.2) is 72.7 Å². The summed E-state index contributed by atoms with van der Waals surface area (Å²) in [6, 6.07) is 2.87. The monoisotopic (exact) mass is 388 g/mol. The van der Waals surface area contributed by atoms with E-state index < -0.39 is 39.5 Å². The van der Waals surface area contributed by atoms with Crippen LogP contribution >= 0.6 is 0 Å². The fourth-order valence-electron chi connectivity index (χ4n) is 2.45. The van der Waals surface area contributed by atoms with Gasteiger partial charge in [-0.25, -0.2) is 17.6 Å². The molecule has 1 fully saturated rings. The van der Waals surface area contributed by atoms with Gasteiger partial charge in [0.15, 0.2) is 0 Å². The number of halogens is 1. The van der Waals surface area contributed by atoms with E-state index in [9.17, 15) is 27.7 Å². The van der Waals surface area contributed by atoms with E-state index in [0.29, 0.717) is 0 Å². The first kappa shape index (κ1) is 20.6. The predicted octanol–water partition coefficient (Wildman–Crippen LogP) is -0.253. The summed E-state index contributed by atoms with van der Waals surface area (Å²) in [4.78, 5) is 12.8. The van der Waals surface area contributed by atoms with Gasteiger partial charge in [0.2, 0.25) is 10.0 Å². The first-order chi connectivity index (χ1) is 11.9. The van der Waals surface area contributed by atoms with E-state index in [0.717, 1.165) is 22.5 Å². The standard InChI is InChI=1S/C15H22BFN2O6S/c1-15(2,3)25-14(20)18-6-8-19(9-7-18)26(23,24)13-10-11(16(21)22)4-5-12(13)17/h4-5,10,21-22H,6-9H2,1-3H3. The van der Waals surface area contributed by atoms with E-state index in [-0.39, 0.29) is 31.6 Å². The molecule has 11 heteroatoms. The highest BCUT2D eigenvalue weighted by Gasteiger charge is 2.34. The molecular formula is C15H22BFN2O6S. The van der Waals surface area contributed by atoms with E-state index in [1.165, 1.54) is 4.90 Å². The predicted molar refractivity (Wildman–Crippen MR) is 92.8 cm³/mol. The zero-order valence-corrected chi connectivity index (χ0v) is 15.7. The molecule has 1 aliphatic heterocycles. The van der Waals surface area contributed by atoms with Crippen LogP contribution in [0.5, 0.6) is 0 Å². The molecule has 26 heavy (non-hydrogen) atoms. The fraction of sp³-hybridized carbons (Fsp3) is 0.533. The summed E-state index contributed by atoms with van der Waals surface area (Å²) < 4.78 is 45.7. The lowest BCUT2D eigenvalue weighted by molar-refractivity contribution is 0.0192. The minimum absolute atomic E-state index is 0.0209. The van der Waals surface area contributed by atoms with E-state index in [1.54, 1.807) is 20.8 Å². The third-order valence-electron chi connectivity index (χ3n) is 3.76. The summed E-state index contributed by atoms with van der Waals surface area (Å²) in [7, 11) is -6.08. The first-order valence-corrected chi connectivity index (χ1v) is 9.49. The molecule has 0 aromatic heterocycles. The van der Waals surface area contributed by atoms with Gasteiger partial charge in [0.1, 0.15) is 16.3 Å². The third-order valence-corrected chi connectivity index (χ3v) is 5.68. The van der Waals surface area contributed by atoms with Crippen molar-refractivity contribution in [1.29, 1.82) is 0 Å².